The first-order chi connectivity index (χ1) is 11.7. The number of rotatable bonds is 2. The van der Waals surface area contributed by atoms with Crippen LogP contribution in [-0.2, 0) is 0 Å². The lowest BCUT2D eigenvalue weighted by Crippen LogP contribution is -1.78. The summed E-state index contributed by atoms with van der Waals surface area (Å²) in [5.74, 6) is 0. The molecule has 0 spiro atoms. The zero-order valence-electron chi connectivity index (χ0n) is 12.8. The lowest BCUT2D eigenvalue weighted by atomic mass is 10.0. The van der Waals surface area contributed by atoms with Gasteiger partial charge in [-0.05, 0) is 69.1 Å². The van der Waals surface area contributed by atoms with Gasteiger partial charge in [0.2, 0.25) is 0 Å². The Kier molecular flexibility index (Phi) is 4.26. The van der Waals surface area contributed by atoms with E-state index in [1.807, 2.05) is 0 Å². The van der Waals surface area contributed by atoms with Crippen LogP contribution in [-0.4, -0.2) is 0 Å². The van der Waals surface area contributed by atoms with Gasteiger partial charge in [0.15, 0.2) is 0 Å². The molecule has 0 aromatic heterocycles. The number of hydrogen-bond donors (Lipinski definition) is 0. The molecule has 0 atom stereocenters. The van der Waals surface area contributed by atoms with E-state index in [1.165, 1.54) is 32.7 Å². The molecule has 0 aliphatic rings. The molecular weight excluding hydrogens is 424 g/mol. The highest BCUT2D eigenvalue weighted by Gasteiger charge is 1.98. The van der Waals surface area contributed by atoms with Crippen LogP contribution in [0.3, 0.4) is 0 Å². The summed E-state index contributed by atoms with van der Waals surface area (Å²) in [6, 6.07) is 25.8. The van der Waals surface area contributed by atoms with Crippen molar-refractivity contribution in [2.45, 2.75) is 0 Å². The number of benzene rings is 4. The molecule has 2 heteroatoms. The zero-order chi connectivity index (χ0) is 16.5. The SMILES string of the molecule is Brc1ccc2cc(C=Cc3ccc4cc(Br)ccc4c3)ccc2c1. The Morgan fingerprint density at radius 2 is 0.833 bits per heavy atom. The van der Waals surface area contributed by atoms with Crippen LogP contribution in [0.1, 0.15) is 11.1 Å². The van der Waals surface area contributed by atoms with Crippen LogP contribution in [0, 0.1) is 0 Å². The van der Waals surface area contributed by atoms with E-state index in [9.17, 15) is 0 Å². The quantitative estimate of drug-likeness (QED) is 0.282. The summed E-state index contributed by atoms with van der Waals surface area (Å²) >= 11 is 7.04. The second kappa shape index (κ2) is 6.54. The van der Waals surface area contributed by atoms with E-state index < -0.39 is 0 Å². The Hall–Kier alpha value is -1.90. The van der Waals surface area contributed by atoms with Crippen LogP contribution in [0.4, 0.5) is 0 Å². The van der Waals surface area contributed by atoms with Crippen molar-refractivity contribution in [3.8, 4) is 0 Å². The second-order valence-corrected chi connectivity index (χ2v) is 7.67. The maximum absolute atomic E-state index is 3.52. The van der Waals surface area contributed by atoms with Crippen molar-refractivity contribution in [1.29, 1.82) is 0 Å². The molecule has 0 aliphatic carbocycles. The van der Waals surface area contributed by atoms with Gasteiger partial charge < -0.3 is 0 Å². The van der Waals surface area contributed by atoms with Crippen molar-refractivity contribution >= 4 is 65.6 Å². The molecule has 0 bridgehead atoms. The minimum absolute atomic E-state index is 1.11. The van der Waals surface area contributed by atoms with Gasteiger partial charge in [0.1, 0.15) is 0 Å². The van der Waals surface area contributed by atoms with Gasteiger partial charge in [-0.2, -0.15) is 0 Å². The first-order valence-corrected chi connectivity index (χ1v) is 9.33. The van der Waals surface area contributed by atoms with Crippen molar-refractivity contribution in [1.82, 2.24) is 0 Å². The van der Waals surface area contributed by atoms with E-state index >= 15 is 0 Å². The van der Waals surface area contributed by atoms with E-state index in [-0.39, 0.29) is 0 Å². The molecule has 0 aliphatic heterocycles. The Balaban J connectivity index is 1.66. The average Bonchev–Trinajstić information content (AvgIpc) is 2.60. The molecule has 0 radical (unpaired) electrons. The third-order valence-corrected chi connectivity index (χ3v) is 5.11. The first kappa shape index (κ1) is 15.6. The normalized spacial score (nSPS) is 11.6. The third kappa shape index (κ3) is 3.31. The van der Waals surface area contributed by atoms with Gasteiger partial charge in [0.05, 0.1) is 0 Å². The molecule has 0 saturated heterocycles. The molecule has 4 aromatic rings. The minimum atomic E-state index is 1.11. The fraction of sp³-hybridized carbons (Fsp3) is 0. The summed E-state index contributed by atoms with van der Waals surface area (Å²) in [6.07, 6.45) is 4.34. The van der Waals surface area contributed by atoms with Gasteiger partial charge in [-0.15, -0.1) is 0 Å². The largest absolute Gasteiger partial charge is 0.0544 e. The fourth-order valence-electron chi connectivity index (χ4n) is 2.87. The Morgan fingerprint density at radius 3 is 1.29 bits per heavy atom. The minimum Gasteiger partial charge on any atom is -0.0544 e. The maximum atomic E-state index is 3.52. The van der Waals surface area contributed by atoms with E-state index in [4.69, 9.17) is 0 Å². The smallest absolute Gasteiger partial charge is 0.0181 e. The standard InChI is InChI=1S/C22H14Br2/c23-21-9-7-17-11-15(3-5-19(17)13-21)1-2-16-4-6-20-14-22(24)10-8-18(20)12-16/h1-14H. The molecule has 0 unspecified atom stereocenters. The Labute approximate surface area is 158 Å². The van der Waals surface area contributed by atoms with Gasteiger partial charge in [-0.3, -0.25) is 0 Å². The summed E-state index contributed by atoms with van der Waals surface area (Å²) in [5, 5.41) is 5.00. The van der Waals surface area contributed by atoms with Crippen molar-refractivity contribution in [2.75, 3.05) is 0 Å². The number of hydrogen-bond acceptors (Lipinski definition) is 0. The van der Waals surface area contributed by atoms with Crippen LogP contribution in [0.15, 0.2) is 81.7 Å². The van der Waals surface area contributed by atoms with Gasteiger partial charge in [0.25, 0.3) is 0 Å². The van der Waals surface area contributed by atoms with Crippen LogP contribution in [0.2, 0.25) is 0 Å². The summed E-state index contributed by atoms with van der Waals surface area (Å²) in [6.45, 7) is 0. The fourth-order valence-corrected chi connectivity index (χ4v) is 3.63. The lowest BCUT2D eigenvalue weighted by Gasteiger charge is -2.02. The lowest BCUT2D eigenvalue weighted by molar-refractivity contribution is 1.67. The van der Waals surface area contributed by atoms with Crippen LogP contribution < -0.4 is 0 Å². The molecule has 4 aromatic carbocycles. The van der Waals surface area contributed by atoms with Crippen LogP contribution >= 0.6 is 31.9 Å². The topological polar surface area (TPSA) is 0 Å². The summed E-state index contributed by atoms with van der Waals surface area (Å²) in [4.78, 5) is 0. The van der Waals surface area contributed by atoms with Crippen molar-refractivity contribution in [3.05, 3.63) is 92.9 Å². The van der Waals surface area contributed by atoms with E-state index in [1.54, 1.807) is 0 Å². The average molecular weight is 438 g/mol. The summed E-state index contributed by atoms with van der Waals surface area (Å²) in [5.41, 5.74) is 2.42. The summed E-state index contributed by atoms with van der Waals surface area (Å²) < 4.78 is 2.22. The number of fused-ring (bicyclic) bond motifs is 2. The highest BCUT2D eigenvalue weighted by atomic mass is 79.9. The van der Waals surface area contributed by atoms with Gasteiger partial charge >= 0.3 is 0 Å². The molecule has 0 heterocycles. The Bertz CT molecular complexity index is 990. The highest BCUT2D eigenvalue weighted by Crippen LogP contribution is 2.24. The van der Waals surface area contributed by atoms with Crippen LogP contribution in [0.25, 0.3) is 33.7 Å². The molecule has 0 N–H and O–H groups in total. The predicted molar refractivity (Wildman–Crippen MR) is 112 cm³/mol. The van der Waals surface area contributed by atoms with Crippen LogP contribution in [0.5, 0.6) is 0 Å². The van der Waals surface area contributed by atoms with E-state index in [2.05, 4.69) is 117 Å². The second-order valence-electron chi connectivity index (χ2n) is 5.84. The predicted octanol–water partition coefficient (Wildman–Crippen LogP) is 7.69. The molecule has 0 amide bonds. The van der Waals surface area contributed by atoms with Gasteiger partial charge in [0, 0.05) is 8.95 Å². The van der Waals surface area contributed by atoms with E-state index in [0.717, 1.165) is 8.95 Å². The molecule has 24 heavy (non-hydrogen) atoms. The summed E-state index contributed by atoms with van der Waals surface area (Å²) in [7, 11) is 0. The maximum Gasteiger partial charge on any atom is 0.0181 e. The highest BCUT2D eigenvalue weighted by molar-refractivity contribution is 9.10. The molecule has 0 nitrogen and oxygen atoms in total. The third-order valence-electron chi connectivity index (χ3n) is 4.12. The monoisotopic (exact) mass is 436 g/mol. The molecule has 0 fully saturated rings. The molecule has 4 rings (SSSR count). The number of halogens is 2. The van der Waals surface area contributed by atoms with E-state index in [0.29, 0.717) is 0 Å². The molecular formula is C22H14Br2. The molecule has 0 saturated carbocycles. The first-order valence-electron chi connectivity index (χ1n) is 7.74. The van der Waals surface area contributed by atoms with Gasteiger partial charge in [-0.25, -0.2) is 0 Å². The Morgan fingerprint density at radius 1 is 0.458 bits per heavy atom. The molecule has 116 valence electrons. The van der Waals surface area contributed by atoms with Crippen molar-refractivity contribution in [2.24, 2.45) is 0 Å². The zero-order valence-corrected chi connectivity index (χ0v) is 16.0. The van der Waals surface area contributed by atoms with Crippen molar-refractivity contribution < 1.29 is 0 Å². The van der Waals surface area contributed by atoms with Gasteiger partial charge in [-0.1, -0.05) is 80.4 Å². The van der Waals surface area contributed by atoms with Crippen molar-refractivity contribution in [3.63, 3.8) is 0 Å².